The van der Waals surface area contributed by atoms with Crippen LogP contribution in [0.25, 0.3) is 11.4 Å². The predicted molar refractivity (Wildman–Crippen MR) is 113 cm³/mol. The number of morpholine rings is 1. The number of aryl methyl sites for hydroxylation is 2. The second-order valence-corrected chi connectivity index (χ2v) is 7.85. The van der Waals surface area contributed by atoms with Gasteiger partial charge in [-0.2, -0.15) is 18.2 Å². The highest BCUT2D eigenvalue weighted by Gasteiger charge is 2.38. The maximum Gasteiger partial charge on any atom is 0.471 e. The standard InChI is InChI=1S/C22H22F3N5O5/c1-3-16-17(12(2)34-28-16)20(32)30-8-9-33-11-15(30)10-26-19(31)14-6-4-13(5-7-14)18-27-21(35-29-18)22(23,24)25/h4-7,15H,3,8-11H2,1-2H3,(H,26,31)/t15-/m1/s1. The number of benzene rings is 1. The van der Waals surface area contributed by atoms with Gasteiger partial charge in [-0.15, -0.1) is 0 Å². The zero-order valence-corrected chi connectivity index (χ0v) is 18.9. The van der Waals surface area contributed by atoms with E-state index in [1.165, 1.54) is 24.3 Å². The number of carbonyl (C=O) groups is 2. The van der Waals surface area contributed by atoms with E-state index in [-0.39, 0.29) is 36.0 Å². The highest BCUT2D eigenvalue weighted by Crippen LogP contribution is 2.29. The summed E-state index contributed by atoms with van der Waals surface area (Å²) in [6, 6.07) is 5.30. The monoisotopic (exact) mass is 493 g/mol. The summed E-state index contributed by atoms with van der Waals surface area (Å²) < 4.78 is 52.9. The fraction of sp³-hybridized carbons (Fsp3) is 0.409. The molecule has 1 atom stereocenters. The van der Waals surface area contributed by atoms with Crippen molar-refractivity contribution in [2.45, 2.75) is 32.5 Å². The van der Waals surface area contributed by atoms with Crippen LogP contribution >= 0.6 is 0 Å². The van der Waals surface area contributed by atoms with Crippen LogP contribution in [0.1, 0.15) is 45.0 Å². The van der Waals surface area contributed by atoms with Crippen molar-refractivity contribution in [1.29, 1.82) is 0 Å². The third-order valence-electron chi connectivity index (χ3n) is 5.54. The summed E-state index contributed by atoms with van der Waals surface area (Å²) in [7, 11) is 0. The van der Waals surface area contributed by atoms with Gasteiger partial charge < -0.3 is 24.0 Å². The van der Waals surface area contributed by atoms with E-state index < -0.39 is 24.0 Å². The molecule has 1 saturated heterocycles. The van der Waals surface area contributed by atoms with Gasteiger partial charge in [0, 0.05) is 24.2 Å². The molecule has 2 amide bonds. The minimum absolute atomic E-state index is 0.137. The van der Waals surface area contributed by atoms with E-state index >= 15 is 0 Å². The third kappa shape index (κ3) is 5.19. The van der Waals surface area contributed by atoms with Crippen LogP contribution in [0.5, 0.6) is 0 Å². The first kappa shape index (κ1) is 24.4. The Morgan fingerprint density at radius 3 is 2.57 bits per heavy atom. The fourth-order valence-electron chi connectivity index (χ4n) is 3.71. The van der Waals surface area contributed by atoms with Crippen LogP contribution in [-0.4, -0.2) is 64.4 Å². The van der Waals surface area contributed by atoms with Gasteiger partial charge in [-0.1, -0.05) is 29.4 Å². The summed E-state index contributed by atoms with van der Waals surface area (Å²) in [5.41, 5.74) is 1.53. The van der Waals surface area contributed by atoms with Crippen molar-refractivity contribution in [2.24, 2.45) is 0 Å². The van der Waals surface area contributed by atoms with Crippen molar-refractivity contribution in [3.63, 3.8) is 0 Å². The number of rotatable bonds is 6. The largest absolute Gasteiger partial charge is 0.471 e. The van der Waals surface area contributed by atoms with E-state index in [0.717, 1.165) is 0 Å². The van der Waals surface area contributed by atoms with Crippen molar-refractivity contribution in [3.05, 3.63) is 52.7 Å². The van der Waals surface area contributed by atoms with Crippen LogP contribution in [-0.2, 0) is 17.3 Å². The van der Waals surface area contributed by atoms with Crippen molar-refractivity contribution in [2.75, 3.05) is 26.3 Å². The van der Waals surface area contributed by atoms with Gasteiger partial charge in [-0.25, -0.2) is 0 Å². The Kier molecular flexibility index (Phi) is 6.87. The summed E-state index contributed by atoms with van der Waals surface area (Å²) in [6.45, 7) is 4.67. The van der Waals surface area contributed by atoms with Gasteiger partial charge in [0.1, 0.15) is 11.3 Å². The molecule has 13 heteroatoms. The van der Waals surface area contributed by atoms with Crippen LogP contribution in [0.15, 0.2) is 33.3 Å². The Balaban J connectivity index is 1.41. The number of halogens is 3. The molecule has 0 unspecified atom stereocenters. The quantitative estimate of drug-likeness (QED) is 0.556. The third-order valence-corrected chi connectivity index (χ3v) is 5.54. The molecule has 2 aromatic heterocycles. The Hall–Kier alpha value is -3.74. The van der Waals surface area contributed by atoms with E-state index in [1.807, 2.05) is 6.92 Å². The first-order valence-electron chi connectivity index (χ1n) is 10.8. The number of amides is 2. The summed E-state index contributed by atoms with van der Waals surface area (Å²) in [5.74, 6) is -1.91. The lowest BCUT2D eigenvalue weighted by Crippen LogP contribution is -2.53. The molecule has 0 saturated carbocycles. The van der Waals surface area contributed by atoms with Gasteiger partial charge in [0.15, 0.2) is 0 Å². The minimum atomic E-state index is -4.74. The summed E-state index contributed by atoms with van der Waals surface area (Å²) >= 11 is 0. The molecule has 3 heterocycles. The summed E-state index contributed by atoms with van der Waals surface area (Å²) in [5, 5.41) is 10.0. The number of alkyl halides is 3. The number of hydrogen-bond donors (Lipinski definition) is 1. The maximum absolute atomic E-state index is 13.2. The van der Waals surface area contributed by atoms with Crippen LogP contribution < -0.4 is 5.32 Å². The van der Waals surface area contributed by atoms with Crippen LogP contribution in [0.2, 0.25) is 0 Å². The molecular weight excluding hydrogens is 471 g/mol. The Labute approximate surface area is 197 Å². The van der Waals surface area contributed by atoms with Gasteiger partial charge in [0.05, 0.1) is 24.9 Å². The molecule has 1 N–H and O–H groups in total. The number of ether oxygens (including phenoxy) is 1. The van der Waals surface area contributed by atoms with E-state index in [1.54, 1.807) is 11.8 Å². The number of nitrogens with one attached hydrogen (secondary N) is 1. The molecule has 4 rings (SSSR count). The Morgan fingerprint density at radius 2 is 1.91 bits per heavy atom. The zero-order chi connectivity index (χ0) is 25.2. The minimum Gasteiger partial charge on any atom is -0.377 e. The average molecular weight is 493 g/mol. The zero-order valence-electron chi connectivity index (χ0n) is 18.9. The van der Waals surface area contributed by atoms with Gasteiger partial charge >= 0.3 is 12.1 Å². The molecular formula is C22H22F3N5O5. The average Bonchev–Trinajstić information content (AvgIpc) is 3.49. The second-order valence-electron chi connectivity index (χ2n) is 7.85. The van der Waals surface area contributed by atoms with Crippen LogP contribution in [0.4, 0.5) is 13.2 Å². The molecule has 0 spiro atoms. The molecule has 0 radical (unpaired) electrons. The Morgan fingerprint density at radius 1 is 1.17 bits per heavy atom. The SMILES string of the molecule is CCc1noc(C)c1C(=O)N1CCOC[C@H]1CNC(=O)c1ccc(-c2noc(C(F)(F)F)n2)cc1. The lowest BCUT2D eigenvalue weighted by atomic mass is 10.1. The molecule has 186 valence electrons. The summed E-state index contributed by atoms with van der Waals surface area (Å²) in [6.07, 6.45) is -4.20. The van der Waals surface area contributed by atoms with Crippen molar-refractivity contribution < 1.29 is 36.5 Å². The molecule has 10 nitrogen and oxygen atoms in total. The molecule has 0 aliphatic carbocycles. The second kappa shape index (κ2) is 9.86. The molecule has 3 aromatic rings. The van der Waals surface area contributed by atoms with Gasteiger partial charge in [0.25, 0.3) is 11.8 Å². The number of aromatic nitrogens is 3. The lowest BCUT2D eigenvalue weighted by molar-refractivity contribution is -0.159. The molecule has 1 fully saturated rings. The molecule has 1 aliphatic heterocycles. The van der Waals surface area contributed by atoms with Crippen LogP contribution in [0, 0.1) is 6.92 Å². The van der Waals surface area contributed by atoms with Crippen molar-refractivity contribution in [3.8, 4) is 11.4 Å². The smallest absolute Gasteiger partial charge is 0.377 e. The first-order chi connectivity index (χ1) is 16.7. The highest BCUT2D eigenvalue weighted by atomic mass is 19.4. The van der Waals surface area contributed by atoms with Gasteiger partial charge in [-0.3, -0.25) is 9.59 Å². The van der Waals surface area contributed by atoms with E-state index in [0.29, 0.717) is 36.6 Å². The molecule has 0 bridgehead atoms. The van der Waals surface area contributed by atoms with Gasteiger partial charge in [0.2, 0.25) is 5.82 Å². The highest BCUT2D eigenvalue weighted by molar-refractivity contribution is 5.97. The predicted octanol–water partition coefficient (Wildman–Crippen LogP) is 2.89. The fourth-order valence-corrected chi connectivity index (χ4v) is 3.71. The topological polar surface area (TPSA) is 124 Å². The lowest BCUT2D eigenvalue weighted by Gasteiger charge is -2.35. The normalized spacial score (nSPS) is 16.4. The van der Waals surface area contributed by atoms with Crippen LogP contribution in [0.3, 0.4) is 0 Å². The van der Waals surface area contributed by atoms with E-state index in [9.17, 15) is 22.8 Å². The van der Waals surface area contributed by atoms with Gasteiger partial charge in [-0.05, 0) is 25.5 Å². The Bertz CT molecular complexity index is 1210. The maximum atomic E-state index is 13.2. The number of hydrogen-bond acceptors (Lipinski definition) is 8. The van der Waals surface area contributed by atoms with E-state index in [4.69, 9.17) is 9.26 Å². The summed E-state index contributed by atoms with van der Waals surface area (Å²) in [4.78, 5) is 30.8. The van der Waals surface area contributed by atoms with Crippen molar-refractivity contribution >= 4 is 11.8 Å². The van der Waals surface area contributed by atoms with E-state index in [2.05, 4.69) is 25.1 Å². The number of nitrogens with zero attached hydrogens (tertiary/aromatic N) is 4. The molecule has 35 heavy (non-hydrogen) atoms. The number of carbonyl (C=O) groups excluding carboxylic acids is 2. The molecule has 1 aromatic carbocycles. The first-order valence-corrected chi connectivity index (χ1v) is 10.8. The van der Waals surface area contributed by atoms with Crippen molar-refractivity contribution in [1.82, 2.24) is 25.5 Å². The molecule has 1 aliphatic rings.